The fourth-order valence-electron chi connectivity index (χ4n) is 4.59. The van der Waals surface area contributed by atoms with Crippen molar-refractivity contribution in [2.75, 3.05) is 6.61 Å². The van der Waals surface area contributed by atoms with Gasteiger partial charge in [0, 0.05) is 6.07 Å². The second-order valence-electron chi connectivity index (χ2n) is 10.9. The van der Waals surface area contributed by atoms with Crippen LogP contribution in [0.15, 0.2) is 93.3 Å². The summed E-state index contributed by atoms with van der Waals surface area (Å²) in [5.74, 6) is -0.751. The Morgan fingerprint density at radius 3 is 2.16 bits per heavy atom. The minimum absolute atomic E-state index is 0.0220. The Balaban J connectivity index is 1.95. The zero-order chi connectivity index (χ0) is 32.8. The third-order valence-electron chi connectivity index (χ3n) is 7.12. The summed E-state index contributed by atoms with van der Waals surface area (Å²) < 4.78 is 10.5. The van der Waals surface area contributed by atoms with Crippen molar-refractivity contribution >= 4 is 12.0 Å². The van der Waals surface area contributed by atoms with Crippen LogP contribution in [0.4, 0.5) is 0 Å². The van der Waals surface area contributed by atoms with Crippen molar-refractivity contribution in [3.8, 4) is 5.75 Å². The van der Waals surface area contributed by atoms with Crippen molar-refractivity contribution in [2.45, 2.75) is 71.1 Å². The first-order chi connectivity index (χ1) is 20.9. The van der Waals surface area contributed by atoms with Gasteiger partial charge in [-0.2, -0.15) is 0 Å². The third kappa shape index (κ3) is 11.0. The lowest BCUT2D eigenvalue weighted by Gasteiger charge is -2.39. The molecule has 2 rings (SSSR count). The normalized spacial score (nSPS) is 25.2. The summed E-state index contributed by atoms with van der Waals surface area (Å²) >= 11 is 0. The number of aromatic hydroxyl groups is 1. The van der Waals surface area contributed by atoms with Gasteiger partial charge in [-0.05, 0) is 37.3 Å². The van der Waals surface area contributed by atoms with E-state index >= 15 is 0 Å². The fourth-order valence-corrected chi connectivity index (χ4v) is 4.59. The minimum atomic E-state index is -1.73. The predicted molar refractivity (Wildman–Crippen MR) is 168 cm³/mol. The molecule has 1 aliphatic rings. The van der Waals surface area contributed by atoms with Crippen molar-refractivity contribution in [3.63, 3.8) is 0 Å². The summed E-state index contributed by atoms with van der Waals surface area (Å²) in [5, 5.41) is 59.4. The first kappa shape index (κ1) is 36.4. The number of hydrogen-bond donors (Lipinski definition) is 6. The molecule has 44 heavy (non-hydrogen) atoms. The molecule has 0 amide bonds. The van der Waals surface area contributed by atoms with E-state index in [0.29, 0.717) is 5.92 Å². The first-order valence-corrected chi connectivity index (χ1v) is 14.5. The van der Waals surface area contributed by atoms with Crippen LogP contribution in [0.3, 0.4) is 0 Å². The van der Waals surface area contributed by atoms with Gasteiger partial charge in [-0.15, -0.1) is 0 Å². The quantitative estimate of drug-likeness (QED) is 0.132. The van der Waals surface area contributed by atoms with E-state index in [1.807, 2.05) is 32.1 Å². The molecule has 2 unspecified atom stereocenters. The molecule has 0 aromatic carbocycles. The summed E-state index contributed by atoms with van der Waals surface area (Å²) in [4.78, 5) is 24.2. The molecule has 0 saturated carbocycles. The molecular weight excluding hydrogens is 568 g/mol. The lowest BCUT2D eigenvalue weighted by Crippen LogP contribution is -2.55. The average Bonchev–Trinajstić information content (AvgIpc) is 2.97. The van der Waals surface area contributed by atoms with E-state index in [1.54, 1.807) is 48.6 Å². The van der Waals surface area contributed by atoms with Crippen LogP contribution < -0.4 is 5.63 Å². The van der Waals surface area contributed by atoms with Gasteiger partial charge in [0.1, 0.15) is 47.6 Å². The number of carbonyl (C=O) groups is 1. The summed E-state index contributed by atoms with van der Waals surface area (Å²) in [6.45, 7) is 7.49. The molecule has 0 bridgehead atoms. The molecule has 1 aliphatic heterocycles. The zero-order valence-corrected chi connectivity index (χ0v) is 25.5. The molecule has 1 aromatic rings. The number of aliphatic hydroxyl groups excluding tert-OH is 4. The smallest absolute Gasteiger partial charge is 0.345 e. The molecule has 1 fully saturated rings. The molecule has 0 aliphatic carbocycles. The summed E-state index contributed by atoms with van der Waals surface area (Å²) in [7, 11) is 0. The number of carboxylic acids is 1. The Kier molecular flexibility index (Phi) is 15.0. The molecule has 0 spiro atoms. The van der Waals surface area contributed by atoms with Gasteiger partial charge in [0.05, 0.1) is 12.2 Å². The Hall–Kier alpha value is -3.80. The number of aliphatic carboxylic acids is 1. The van der Waals surface area contributed by atoms with Crippen molar-refractivity contribution in [2.24, 2.45) is 11.8 Å². The van der Waals surface area contributed by atoms with Gasteiger partial charge in [-0.1, -0.05) is 93.5 Å². The van der Waals surface area contributed by atoms with Gasteiger partial charge in [-0.25, -0.2) is 9.59 Å². The number of carboxylic acid groups (broad SMARTS) is 1. The maximum Gasteiger partial charge on any atom is 0.345 e. The van der Waals surface area contributed by atoms with Gasteiger partial charge in [0.25, 0.3) is 0 Å². The van der Waals surface area contributed by atoms with E-state index in [0.717, 1.165) is 24.5 Å². The van der Waals surface area contributed by atoms with E-state index in [1.165, 1.54) is 6.08 Å². The zero-order valence-electron chi connectivity index (χ0n) is 25.5. The largest absolute Gasteiger partial charge is 0.507 e. The van der Waals surface area contributed by atoms with Gasteiger partial charge < -0.3 is 39.8 Å². The maximum absolute atomic E-state index is 12.5. The fraction of sp³-hybridized carbons (Fsp3) is 0.412. The second kappa shape index (κ2) is 18.1. The van der Waals surface area contributed by atoms with Crippen LogP contribution in [-0.4, -0.2) is 67.6 Å². The molecule has 0 radical (unpaired) electrons. The van der Waals surface area contributed by atoms with Crippen LogP contribution in [0.5, 0.6) is 5.75 Å². The van der Waals surface area contributed by atoms with Gasteiger partial charge >= 0.3 is 11.6 Å². The molecular formula is C34H44O10. The summed E-state index contributed by atoms with van der Waals surface area (Å²) in [5.41, 5.74) is -0.349. The van der Waals surface area contributed by atoms with Crippen molar-refractivity contribution in [3.05, 3.63) is 106 Å². The molecule has 1 aromatic heterocycles. The number of hydrogen-bond acceptors (Lipinski definition) is 9. The Morgan fingerprint density at radius 2 is 1.59 bits per heavy atom. The molecule has 10 nitrogen and oxygen atoms in total. The average molecular weight is 613 g/mol. The van der Waals surface area contributed by atoms with E-state index < -0.39 is 60.0 Å². The highest BCUT2D eigenvalue weighted by molar-refractivity contribution is 5.90. The van der Waals surface area contributed by atoms with Crippen LogP contribution in [0.2, 0.25) is 0 Å². The van der Waals surface area contributed by atoms with Gasteiger partial charge in [0.15, 0.2) is 0 Å². The Morgan fingerprint density at radius 1 is 0.977 bits per heavy atom. The van der Waals surface area contributed by atoms with Crippen molar-refractivity contribution < 1.29 is 44.6 Å². The highest BCUT2D eigenvalue weighted by Gasteiger charge is 2.46. The third-order valence-corrected chi connectivity index (χ3v) is 7.12. The van der Waals surface area contributed by atoms with Crippen molar-refractivity contribution in [1.29, 1.82) is 0 Å². The number of rotatable bonds is 14. The molecule has 2 heterocycles. The number of aliphatic hydroxyl groups is 4. The topological polar surface area (TPSA) is 178 Å². The molecule has 10 heteroatoms. The summed E-state index contributed by atoms with van der Waals surface area (Å²) in [6.07, 6.45) is 14.9. The van der Waals surface area contributed by atoms with Crippen LogP contribution >= 0.6 is 0 Å². The molecule has 240 valence electrons. The van der Waals surface area contributed by atoms with Crippen LogP contribution in [0.1, 0.15) is 58.0 Å². The number of allylic oxidation sites excluding steroid dienone is 11. The van der Waals surface area contributed by atoms with Crippen LogP contribution in [0.25, 0.3) is 6.08 Å². The molecule has 6 N–H and O–H groups in total. The first-order valence-electron chi connectivity index (χ1n) is 14.5. The number of ether oxygens (including phenoxy) is 1. The molecule has 1 saturated heterocycles. The lowest BCUT2D eigenvalue weighted by molar-refractivity contribution is -0.232. The van der Waals surface area contributed by atoms with E-state index in [2.05, 4.69) is 13.8 Å². The Labute approximate surface area is 257 Å². The van der Waals surface area contributed by atoms with E-state index in [4.69, 9.17) is 9.15 Å². The standard InChI is InChI=1S/C34H44O10/c1-5-21(2)16-23(4)18-24(33(40)41)17-22(3)14-12-10-8-6-7-9-11-13-15-25-19-26(36)28(34(42)43-25)32-31(39)30(38)29(37)27(20-35)44-32/h6-15,17-19,21,23,27,29-32,35-39H,5,16,20H2,1-4H3,(H,40,41)/b7-6+,10-8+,11-9+,14-12+,15-13+,22-17+,24-18-/t21?,23?,27-,29+,30+,31-,32+/m1/s1. The van der Waals surface area contributed by atoms with Gasteiger partial charge in [0.2, 0.25) is 0 Å². The predicted octanol–water partition coefficient (Wildman–Crippen LogP) is 4.13. The highest BCUT2D eigenvalue weighted by atomic mass is 16.5. The van der Waals surface area contributed by atoms with Crippen LogP contribution in [-0.2, 0) is 9.53 Å². The second-order valence-corrected chi connectivity index (χ2v) is 10.9. The van der Waals surface area contributed by atoms with Gasteiger partial charge in [-0.3, -0.25) is 0 Å². The maximum atomic E-state index is 12.5. The SMILES string of the molecule is CCC(C)CC(C)/C=C(/C=C(C)/C=C/C=C/C=C/C=C/C=C/c1cc(O)c([C@@H]2O[C@H](CO)[C@H](O)[C@H](O)[C@H]2O)c(=O)o1)C(=O)O. The monoisotopic (exact) mass is 612 g/mol. The highest BCUT2D eigenvalue weighted by Crippen LogP contribution is 2.35. The molecule has 7 atom stereocenters. The van der Waals surface area contributed by atoms with E-state index in [-0.39, 0.29) is 17.3 Å². The summed E-state index contributed by atoms with van der Waals surface area (Å²) in [6, 6.07) is 1.15. The lowest BCUT2D eigenvalue weighted by atomic mass is 9.91. The van der Waals surface area contributed by atoms with E-state index in [9.17, 15) is 40.2 Å². The van der Waals surface area contributed by atoms with Crippen molar-refractivity contribution in [1.82, 2.24) is 0 Å². The minimum Gasteiger partial charge on any atom is -0.507 e. The Bertz CT molecular complexity index is 1360. The van der Waals surface area contributed by atoms with Crippen LogP contribution in [0, 0.1) is 11.8 Å².